The van der Waals surface area contributed by atoms with Crippen molar-refractivity contribution in [2.45, 2.75) is 12.8 Å². The molecule has 0 radical (unpaired) electrons. The minimum atomic E-state index is -0.921. The van der Waals surface area contributed by atoms with Crippen molar-refractivity contribution in [3.05, 3.63) is 71.0 Å². The lowest BCUT2D eigenvalue weighted by Gasteiger charge is -2.18. The number of benzene rings is 2. The Labute approximate surface area is 139 Å². The van der Waals surface area contributed by atoms with Crippen LogP contribution < -0.4 is 0 Å². The van der Waals surface area contributed by atoms with Gasteiger partial charge in [0.2, 0.25) is 0 Å². The van der Waals surface area contributed by atoms with Crippen LogP contribution in [0.3, 0.4) is 0 Å². The topological polar surface area (TPSA) is 57.6 Å². The summed E-state index contributed by atoms with van der Waals surface area (Å²) < 4.78 is 13.7. The van der Waals surface area contributed by atoms with Crippen LogP contribution in [-0.2, 0) is 4.79 Å². The highest BCUT2D eigenvalue weighted by molar-refractivity contribution is 5.96. The Bertz CT molecular complexity index is 775. The minimum absolute atomic E-state index is 0.129. The third kappa shape index (κ3) is 2.89. The quantitative estimate of drug-likeness (QED) is 0.942. The van der Waals surface area contributed by atoms with E-state index in [0.29, 0.717) is 6.54 Å². The molecule has 5 heteroatoms. The number of amides is 1. The fourth-order valence-electron chi connectivity index (χ4n) is 3.27. The highest BCUT2D eigenvalue weighted by Crippen LogP contribution is 2.34. The zero-order valence-corrected chi connectivity index (χ0v) is 13.3. The number of likely N-dealkylation sites (tertiary alicyclic amines) is 1. The number of hydrogen-bond donors (Lipinski definition) is 1. The maximum Gasteiger partial charge on any atom is 0.308 e. The standard InChI is InChI=1S/C19H18FNO3/c1-12-14(8-5-9-17(12)20)18(22)21-10-15(16(11-21)19(23)24)13-6-3-2-4-7-13/h2-9,15-16H,10-11H2,1H3,(H,23,24). The smallest absolute Gasteiger partial charge is 0.308 e. The second kappa shape index (κ2) is 6.43. The van der Waals surface area contributed by atoms with Crippen molar-refractivity contribution in [3.63, 3.8) is 0 Å². The van der Waals surface area contributed by atoms with Crippen LogP contribution in [0.1, 0.15) is 27.4 Å². The van der Waals surface area contributed by atoms with Crippen molar-refractivity contribution in [1.82, 2.24) is 4.90 Å². The van der Waals surface area contributed by atoms with E-state index >= 15 is 0 Å². The van der Waals surface area contributed by atoms with E-state index in [2.05, 4.69) is 0 Å². The molecule has 1 N–H and O–H groups in total. The summed E-state index contributed by atoms with van der Waals surface area (Å²) >= 11 is 0. The molecule has 3 rings (SSSR count). The van der Waals surface area contributed by atoms with E-state index in [1.165, 1.54) is 17.0 Å². The first kappa shape index (κ1) is 16.2. The van der Waals surface area contributed by atoms with Crippen LogP contribution in [0.5, 0.6) is 0 Å². The second-order valence-electron chi connectivity index (χ2n) is 6.08. The van der Waals surface area contributed by atoms with Gasteiger partial charge in [-0.1, -0.05) is 36.4 Å². The number of carboxylic acids is 1. The molecule has 24 heavy (non-hydrogen) atoms. The number of carbonyl (C=O) groups is 2. The molecule has 1 saturated heterocycles. The summed E-state index contributed by atoms with van der Waals surface area (Å²) in [4.78, 5) is 25.9. The lowest BCUT2D eigenvalue weighted by atomic mass is 9.89. The fraction of sp³-hybridized carbons (Fsp3) is 0.263. The normalized spacial score (nSPS) is 20.2. The van der Waals surface area contributed by atoms with E-state index < -0.39 is 17.7 Å². The summed E-state index contributed by atoms with van der Waals surface area (Å²) in [6, 6.07) is 13.7. The van der Waals surface area contributed by atoms with Crippen molar-refractivity contribution < 1.29 is 19.1 Å². The Balaban J connectivity index is 1.89. The number of hydrogen-bond acceptors (Lipinski definition) is 2. The van der Waals surface area contributed by atoms with Gasteiger partial charge in [-0.25, -0.2) is 4.39 Å². The van der Waals surface area contributed by atoms with Gasteiger partial charge in [0.25, 0.3) is 5.91 Å². The van der Waals surface area contributed by atoms with Gasteiger partial charge in [0.15, 0.2) is 0 Å². The van der Waals surface area contributed by atoms with Crippen LogP contribution in [0.4, 0.5) is 4.39 Å². The molecule has 2 atom stereocenters. The van der Waals surface area contributed by atoms with Gasteiger partial charge in [-0.3, -0.25) is 9.59 Å². The molecular weight excluding hydrogens is 309 g/mol. The van der Waals surface area contributed by atoms with Crippen molar-refractivity contribution in [1.29, 1.82) is 0 Å². The molecule has 0 aliphatic carbocycles. The van der Waals surface area contributed by atoms with Crippen LogP contribution in [0.2, 0.25) is 0 Å². The van der Waals surface area contributed by atoms with Gasteiger partial charge >= 0.3 is 5.97 Å². The molecule has 2 unspecified atom stereocenters. The third-order valence-corrected chi connectivity index (χ3v) is 4.65. The van der Waals surface area contributed by atoms with Crippen molar-refractivity contribution in [2.75, 3.05) is 13.1 Å². The lowest BCUT2D eigenvalue weighted by molar-refractivity contribution is -0.141. The molecule has 1 heterocycles. The predicted molar refractivity (Wildman–Crippen MR) is 87.3 cm³/mol. The Kier molecular flexibility index (Phi) is 4.34. The summed E-state index contributed by atoms with van der Waals surface area (Å²) in [5.74, 6) is -2.60. The first-order valence-electron chi connectivity index (χ1n) is 7.81. The molecule has 1 aliphatic heterocycles. The highest BCUT2D eigenvalue weighted by Gasteiger charge is 2.40. The molecule has 2 aromatic carbocycles. The van der Waals surface area contributed by atoms with E-state index in [1.807, 2.05) is 30.3 Å². The van der Waals surface area contributed by atoms with Gasteiger partial charge in [0.1, 0.15) is 5.82 Å². The van der Waals surface area contributed by atoms with Gasteiger partial charge < -0.3 is 10.0 Å². The molecule has 124 valence electrons. The van der Waals surface area contributed by atoms with E-state index in [0.717, 1.165) is 5.56 Å². The number of nitrogens with zero attached hydrogens (tertiary/aromatic N) is 1. The zero-order chi connectivity index (χ0) is 17.3. The first-order valence-corrected chi connectivity index (χ1v) is 7.81. The maximum absolute atomic E-state index is 13.7. The van der Waals surface area contributed by atoms with Gasteiger partial charge in [-0.2, -0.15) is 0 Å². The lowest BCUT2D eigenvalue weighted by Crippen LogP contribution is -2.30. The van der Waals surface area contributed by atoms with Crippen LogP contribution in [0, 0.1) is 18.7 Å². The van der Waals surface area contributed by atoms with Crippen LogP contribution in [0.15, 0.2) is 48.5 Å². The summed E-state index contributed by atoms with van der Waals surface area (Å²) in [5, 5.41) is 9.52. The van der Waals surface area contributed by atoms with Crippen LogP contribution in [-0.4, -0.2) is 35.0 Å². The van der Waals surface area contributed by atoms with E-state index in [1.54, 1.807) is 13.0 Å². The number of carbonyl (C=O) groups excluding carboxylic acids is 1. The molecule has 1 fully saturated rings. The number of carboxylic acid groups (broad SMARTS) is 1. The van der Waals surface area contributed by atoms with Crippen molar-refractivity contribution >= 4 is 11.9 Å². The van der Waals surface area contributed by atoms with Gasteiger partial charge in [-0.05, 0) is 30.2 Å². The van der Waals surface area contributed by atoms with Gasteiger partial charge in [-0.15, -0.1) is 0 Å². The molecule has 4 nitrogen and oxygen atoms in total. The molecule has 2 aromatic rings. The molecule has 0 saturated carbocycles. The van der Waals surface area contributed by atoms with Crippen molar-refractivity contribution in [2.24, 2.45) is 5.92 Å². The predicted octanol–water partition coefficient (Wildman–Crippen LogP) is 3.07. The number of aliphatic carboxylic acids is 1. The van der Waals surface area contributed by atoms with E-state index in [4.69, 9.17) is 0 Å². The average Bonchev–Trinajstić information content (AvgIpc) is 3.03. The summed E-state index contributed by atoms with van der Waals surface area (Å²) in [5.41, 5.74) is 1.47. The first-order chi connectivity index (χ1) is 11.5. The van der Waals surface area contributed by atoms with Gasteiger partial charge in [0.05, 0.1) is 5.92 Å². The van der Waals surface area contributed by atoms with Crippen LogP contribution in [0.25, 0.3) is 0 Å². The Morgan fingerprint density at radius 2 is 1.79 bits per heavy atom. The highest BCUT2D eigenvalue weighted by atomic mass is 19.1. The molecular formula is C19H18FNO3. The zero-order valence-electron chi connectivity index (χ0n) is 13.3. The minimum Gasteiger partial charge on any atom is -0.481 e. The van der Waals surface area contributed by atoms with Crippen LogP contribution >= 0.6 is 0 Å². The SMILES string of the molecule is Cc1c(F)cccc1C(=O)N1CC(C(=O)O)C(c2ccccc2)C1. The summed E-state index contributed by atoms with van der Waals surface area (Å²) in [6.07, 6.45) is 0. The summed E-state index contributed by atoms with van der Waals surface area (Å²) in [7, 11) is 0. The number of halogens is 1. The maximum atomic E-state index is 13.7. The molecule has 1 aliphatic rings. The Morgan fingerprint density at radius 3 is 2.46 bits per heavy atom. The summed E-state index contributed by atoms with van der Waals surface area (Å²) in [6.45, 7) is 2.00. The largest absolute Gasteiger partial charge is 0.481 e. The monoisotopic (exact) mass is 327 g/mol. The molecule has 0 spiro atoms. The van der Waals surface area contributed by atoms with Gasteiger partial charge in [0, 0.05) is 24.6 Å². The van der Waals surface area contributed by atoms with E-state index in [-0.39, 0.29) is 29.5 Å². The number of rotatable bonds is 3. The second-order valence-corrected chi connectivity index (χ2v) is 6.08. The molecule has 0 aromatic heterocycles. The molecule has 1 amide bonds. The van der Waals surface area contributed by atoms with E-state index in [9.17, 15) is 19.1 Å². The van der Waals surface area contributed by atoms with Crippen molar-refractivity contribution in [3.8, 4) is 0 Å². The fourth-order valence-corrected chi connectivity index (χ4v) is 3.27. The average molecular weight is 327 g/mol. The Hall–Kier alpha value is -2.69. The molecule has 0 bridgehead atoms. The Morgan fingerprint density at radius 1 is 1.08 bits per heavy atom. The third-order valence-electron chi connectivity index (χ3n) is 4.65.